The number of nitrogens with zero attached hydrogens (tertiary/aromatic N) is 1. The number of benzene rings is 1. The Bertz CT molecular complexity index is 677. The minimum atomic E-state index is -0.492. The predicted molar refractivity (Wildman–Crippen MR) is 113 cm³/mol. The molecule has 0 saturated heterocycles. The fraction of sp³-hybridized carbons (Fsp3) is 0.294. The number of amides is 1. The standard InChI is InChI=1S/C17H22N4O2S.HI/c1-19-17(20-8-7-15-6-3-9-24-15)21-11-13-4-2-5-14(10-13)23-12-16(18)22;/h2-6,9-10H,7-8,11-12H2,1H3,(H2,18,22)(H2,19,20,21);1H. The molecule has 1 aromatic heterocycles. The number of carbonyl (C=O) groups is 1. The van der Waals surface area contributed by atoms with Gasteiger partial charge in [0.15, 0.2) is 12.6 Å². The fourth-order valence-corrected chi connectivity index (χ4v) is 2.77. The largest absolute Gasteiger partial charge is 0.484 e. The number of thiophene rings is 1. The molecule has 0 atom stereocenters. The van der Waals surface area contributed by atoms with Gasteiger partial charge in [-0.15, -0.1) is 35.3 Å². The Balaban J connectivity index is 0.00000312. The Labute approximate surface area is 168 Å². The quantitative estimate of drug-likeness (QED) is 0.311. The maximum absolute atomic E-state index is 10.8. The van der Waals surface area contributed by atoms with E-state index in [1.165, 1.54) is 4.88 Å². The van der Waals surface area contributed by atoms with E-state index in [9.17, 15) is 4.79 Å². The molecule has 0 spiro atoms. The molecule has 8 heteroatoms. The number of primary amides is 1. The molecule has 1 amide bonds. The Morgan fingerprint density at radius 2 is 2.12 bits per heavy atom. The number of aliphatic imine (C=N–C) groups is 1. The maximum Gasteiger partial charge on any atom is 0.255 e. The molecule has 0 aliphatic heterocycles. The van der Waals surface area contributed by atoms with Gasteiger partial charge in [-0.1, -0.05) is 18.2 Å². The number of nitrogens with two attached hydrogens (primary N) is 1. The topological polar surface area (TPSA) is 88.7 Å². The summed E-state index contributed by atoms with van der Waals surface area (Å²) in [5.41, 5.74) is 6.10. The first-order valence-electron chi connectivity index (χ1n) is 7.64. The van der Waals surface area contributed by atoms with Crippen molar-refractivity contribution in [3.05, 3.63) is 52.2 Å². The van der Waals surface area contributed by atoms with Crippen LogP contribution in [0.15, 0.2) is 46.8 Å². The van der Waals surface area contributed by atoms with Crippen molar-refractivity contribution < 1.29 is 9.53 Å². The lowest BCUT2D eigenvalue weighted by Crippen LogP contribution is -2.37. The maximum atomic E-state index is 10.8. The summed E-state index contributed by atoms with van der Waals surface area (Å²) in [5, 5.41) is 8.62. The van der Waals surface area contributed by atoms with E-state index in [0.717, 1.165) is 24.5 Å². The monoisotopic (exact) mass is 474 g/mol. The van der Waals surface area contributed by atoms with Crippen LogP contribution in [0.4, 0.5) is 0 Å². The zero-order chi connectivity index (χ0) is 17.2. The van der Waals surface area contributed by atoms with E-state index in [1.54, 1.807) is 24.5 Å². The normalized spacial score (nSPS) is 10.7. The van der Waals surface area contributed by atoms with E-state index < -0.39 is 5.91 Å². The Morgan fingerprint density at radius 3 is 2.80 bits per heavy atom. The van der Waals surface area contributed by atoms with Crippen molar-refractivity contribution in [2.45, 2.75) is 13.0 Å². The zero-order valence-electron chi connectivity index (χ0n) is 14.0. The van der Waals surface area contributed by atoms with Crippen molar-refractivity contribution in [1.82, 2.24) is 10.6 Å². The van der Waals surface area contributed by atoms with Gasteiger partial charge in [0.25, 0.3) is 5.91 Å². The zero-order valence-corrected chi connectivity index (χ0v) is 17.2. The van der Waals surface area contributed by atoms with Crippen LogP contribution in [-0.2, 0) is 17.8 Å². The third-order valence-corrected chi connectivity index (χ3v) is 4.14. The number of rotatable bonds is 8. The molecule has 0 fully saturated rings. The SMILES string of the molecule is CN=C(NCCc1cccs1)NCc1cccc(OCC(N)=O)c1.I. The fourth-order valence-electron chi connectivity index (χ4n) is 2.07. The van der Waals surface area contributed by atoms with E-state index in [2.05, 4.69) is 33.1 Å². The minimum Gasteiger partial charge on any atom is -0.484 e. The summed E-state index contributed by atoms with van der Waals surface area (Å²) in [6, 6.07) is 11.7. The molecule has 0 unspecified atom stereocenters. The van der Waals surface area contributed by atoms with Crippen molar-refractivity contribution in [1.29, 1.82) is 0 Å². The summed E-state index contributed by atoms with van der Waals surface area (Å²) in [6.45, 7) is 1.30. The van der Waals surface area contributed by atoms with Crippen molar-refractivity contribution in [3.63, 3.8) is 0 Å². The van der Waals surface area contributed by atoms with Crippen molar-refractivity contribution >= 4 is 47.2 Å². The number of guanidine groups is 1. The van der Waals surface area contributed by atoms with Crippen LogP contribution in [0, 0.1) is 0 Å². The number of hydrogen-bond acceptors (Lipinski definition) is 4. The average Bonchev–Trinajstić information content (AvgIpc) is 3.10. The van der Waals surface area contributed by atoms with E-state index in [0.29, 0.717) is 12.3 Å². The van der Waals surface area contributed by atoms with Crippen molar-refractivity contribution in [2.75, 3.05) is 20.2 Å². The van der Waals surface area contributed by atoms with E-state index in [1.807, 2.05) is 18.2 Å². The number of hydrogen-bond donors (Lipinski definition) is 3. The second-order valence-electron chi connectivity index (χ2n) is 5.08. The van der Waals surface area contributed by atoms with Crippen LogP contribution in [0.25, 0.3) is 0 Å². The number of carbonyl (C=O) groups excluding carboxylic acids is 1. The van der Waals surface area contributed by atoms with Crippen LogP contribution in [-0.4, -0.2) is 32.1 Å². The second-order valence-corrected chi connectivity index (χ2v) is 6.12. The molecule has 136 valence electrons. The summed E-state index contributed by atoms with van der Waals surface area (Å²) in [4.78, 5) is 16.3. The third-order valence-electron chi connectivity index (χ3n) is 3.21. The summed E-state index contributed by atoms with van der Waals surface area (Å²) >= 11 is 1.75. The first kappa shape index (κ1) is 21.2. The highest BCUT2D eigenvalue weighted by Gasteiger charge is 2.02. The van der Waals surface area contributed by atoms with Gasteiger partial charge < -0.3 is 21.1 Å². The molecule has 25 heavy (non-hydrogen) atoms. The molecule has 0 aliphatic carbocycles. The number of ether oxygens (including phenoxy) is 1. The van der Waals surface area contributed by atoms with Gasteiger partial charge in [-0.05, 0) is 35.6 Å². The molecule has 0 bridgehead atoms. The molecular weight excluding hydrogens is 451 g/mol. The van der Waals surface area contributed by atoms with Crippen LogP contribution in [0.1, 0.15) is 10.4 Å². The first-order chi connectivity index (χ1) is 11.7. The average molecular weight is 474 g/mol. The Hall–Kier alpha value is -1.81. The molecule has 6 nitrogen and oxygen atoms in total. The van der Waals surface area contributed by atoms with E-state index in [4.69, 9.17) is 10.5 Å². The Morgan fingerprint density at radius 1 is 1.28 bits per heavy atom. The summed E-state index contributed by atoms with van der Waals surface area (Å²) in [7, 11) is 1.74. The molecule has 1 aromatic carbocycles. The lowest BCUT2D eigenvalue weighted by atomic mass is 10.2. The van der Waals surface area contributed by atoms with Crippen LogP contribution < -0.4 is 21.1 Å². The molecule has 0 aliphatic rings. The van der Waals surface area contributed by atoms with Crippen molar-refractivity contribution in [2.24, 2.45) is 10.7 Å². The van der Waals surface area contributed by atoms with Crippen LogP contribution >= 0.6 is 35.3 Å². The van der Waals surface area contributed by atoms with Crippen LogP contribution in [0.2, 0.25) is 0 Å². The van der Waals surface area contributed by atoms with Gasteiger partial charge in [-0.25, -0.2) is 0 Å². The van der Waals surface area contributed by atoms with Gasteiger partial charge in [0.1, 0.15) is 5.75 Å². The van der Waals surface area contributed by atoms with Crippen LogP contribution in [0.5, 0.6) is 5.75 Å². The van der Waals surface area contributed by atoms with Gasteiger partial charge in [-0.3, -0.25) is 9.79 Å². The molecule has 4 N–H and O–H groups in total. The lowest BCUT2D eigenvalue weighted by Gasteiger charge is -2.12. The summed E-state index contributed by atoms with van der Waals surface area (Å²) < 4.78 is 5.30. The van der Waals surface area contributed by atoms with Gasteiger partial charge in [0, 0.05) is 25.0 Å². The van der Waals surface area contributed by atoms with Gasteiger partial charge in [0.05, 0.1) is 0 Å². The summed E-state index contributed by atoms with van der Waals surface area (Å²) in [5.74, 6) is 0.873. The van der Waals surface area contributed by atoms with E-state index in [-0.39, 0.29) is 30.6 Å². The molecule has 2 aromatic rings. The molecule has 2 rings (SSSR count). The van der Waals surface area contributed by atoms with Gasteiger partial charge in [-0.2, -0.15) is 0 Å². The highest BCUT2D eigenvalue weighted by molar-refractivity contribution is 14.0. The molecular formula is C17H23IN4O2S. The molecule has 0 saturated carbocycles. The minimum absolute atomic E-state index is 0. The highest BCUT2D eigenvalue weighted by atomic mass is 127. The molecule has 1 heterocycles. The van der Waals surface area contributed by atoms with Gasteiger partial charge in [0.2, 0.25) is 0 Å². The Kier molecular flexibility index (Phi) is 9.93. The van der Waals surface area contributed by atoms with Gasteiger partial charge >= 0.3 is 0 Å². The predicted octanol–water partition coefficient (Wildman–Crippen LogP) is 2.14. The van der Waals surface area contributed by atoms with Crippen LogP contribution in [0.3, 0.4) is 0 Å². The lowest BCUT2D eigenvalue weighted by molar-refractivity contribution is -0.119. The summed E-state index contributed by atoms with van der Waals surface area (Å²) in [6.07, 6.45) is 0.967. The van der Waals surface area contributed by atoms with Crippen molar-refractivity contribution in [3.8, 4) is 5.75 Å². The third kappa shape index (κ3) is 8.21. The first-order valence-corrected chi connectivity index (χ1v) is 8.52. The second kappa shape index (κ2) is 11.7. The smallest absolute Gasteiger partial charge is 0.255 e. The van der Waals surface area contributed by atoms with E-state index >= 15 is 0 Å². The highest BCUT2D eigenvalue weighted by Crippen LogP contribution is 2.13. The number of halogens is 1. The number of nitrogens with one attached hydrogen (secondary N) is 2. The molecule has 0 radical (unpaired) electrons.